The van der Waals surface area contributed by atoms with E-state index in [1.807, 2.05) is 0 Å². The zero-order valence-corrected chi connectivity index (χ0v) is 21.4. The van der Waals surface area contributed by atoms with Crippen molar-refractivity contribution in [3.8, 4) is 28.7 Å². The third kappa shape index (κ3) is 8.27. The molecule has 0 radical (unpaired) electrons. The largest absolute Gasteiger partial charge is 0.496 e. The molecule has 0 spiro atoms. The summed E-state index contributed by atoms with van der Waals surface area (Å²) < 4.78 is 39.7. The van der Waals surface area contributed by atoms with Crippen LogP contribution in [0.25, 0.3) is 6.08 Å². The van der Waals surface area contributed by atoms with Crippen molar-refractivity contribution in [1.82, 2.24) is 0 Å². The molecule has 1 unspecified atom stereocenters. The third-order valence-electron chi connectivity index (χ3n) is 5.16. The Morgan fingerprint density at radius 3 is 2.17 bits per heavy atom. The minimum atomic E-state index is -1.38. The van der Waals surface area contributed by atoms with Crippen molar-refractivity contribution >= 4 is 22.8 Å². The summed E-state index contributed by atoms with van der Waals surface area (Å²) in [7, 11) is 4.71. The Morgan fingerprint density at radius 1 is 0.943 bits per heavy atom. The highest BCUT2D eigenvalue weighted by Crippen LogP contribution is 2.35. The Morgan fingerprint density at radius 2 is 1.60 bits per heavy atom. The average Bonchev–Trinajstić information content (AvgIpc) is 2.87. The van der Waals surface area contributed by atoms with Gasteiger partial charge in [0.15, 0.2) is 11.5 Å². The fourth-order valence-electron chi connectivity index (χ4n) is 3.25. The SMILES string of the molecule is COc1cc(OC)c(C=C[S@](=O)Cc2ccc(OC)c(OC(=O)C(N)CCCCN)c2)c(OC)c1. The first-order valence-corrected chi connectivity index (χ1v) is 12.4. The van der Waals surface area contributed by atoms with Crippen LogP contribution >= 0.6 is 0 Å². The molecule has 9 nitrogen and oxygen atoms in total. The van der Waals surface area contributed by atoms with E-state index < -0.39 is 22.8 Å². The van der Waals surface area contributed by atoms with E-state index in [1.54, 1.807) is 48.9 Å². The van der Waals surface area contributed by atoms with Crippen LogP contribution in [0.1, 0.15) is 30.4 Å². The molecule has 2 rings (SSSR count). The first-order chi connectivity index (χ1) is 16.9. The van der Waals surface area contributed by atoms with E-state index in [0.29, 0.717) is 47.1 Å². The molecule has 0 saturated heterocycles. The molecule has 0 aliphatic carbocycles. The van der Waals surface area contributed by atoms with E-state index in [0.717, 1.165) is 12.8 Å². The van der Waals surface area contributed by atoms with Gasteiger partial charge in [0.05, 0.1) is 50.6 Å². The lowest BCUT2D eigenvalue weighted by molar-refractivity contribution is -0.136. The van der Waals surface area contributed by atoms with Gasteiger partial charge in [-0.15, -0.1) is 0 Å². The number of rotatable bonds is 14. The molecule has 192 valence electrons. The second-order valence-electron chi connectivity index (χ2n) is 7.57. The number of benzene rings is 2. The Labute approximate surface area is 208 Å². The van der Waals surface area contributed by atoms with Crippen molar-refractivity contribution in [2.75, 3.05) is 35.0 Å². The van der Waals surface area contributed by atoms with E-state index in [2.05, 4.69) is 0 Å². The minimum Gasteiger partial charge on any atom is -0.496 e. The molecule has 0 aliphatic heterocycles. The number of hydrogen-bond donors (Lipinski definition) is 2. The van der Waals surface area contributed by atoms with Crippen molar-refractivity contribution in [3.63, 3.8) is 0 Å². The van der Waals surface area contributed by atoms with Crippen LogP contribution in [0.2, 0.25) is 0 Å². The zero-order chi connectivity index (χ0) is 25.8. The molecule has 0 aromatic heterocycles. The molecule has 2 atom stereocenters. The van der Waals surface area contributed by atoms with Gasteiger partial charge in [-0.05, 0) is 43.2 Å². The summed E-state index contributed by atoms with van der Waals surface area (Å²) in [5.74, 6) is 1.86. The number of ether oxygens (including phenoxy) is 5. The second kappa shape index (κ2) is 14.3. The molecule has 0 saturated carbocycles. The third-order valence-corrected chi connectivity index (χ3v) is 6.22. The fraction of sp³-hybridized carbons (Fsp3) is 0.400. The summed E-state index contributed by atoms with van der Waals surface area (Å²) in [5.41, 5.74) is 12.7. The van der Waals surface area contributed by atoms with Crippen molar-refractivity contribution in [2.24, 2.45) is 11.5 Å². The topological polar surface area (TPSA) is 132 Å². The summed E-state index contributed by atoms with van der Waals surface area (Å²) in [6.45, 7) is 0.543. The first-order valence-electron chi connectivity index (χ1n) is 11.1. The van der Waals surface area contributed by atoms with Crippen LogP contribution in [0.15, 0.2) is 35.7 Å². The van der Waals surface area contributed by atoms with Gasteiger partial charge >= 0.3 is 5.97 Å². The van der Waals surface area contributed by atoms with Gasteiger partial charge in [0, 0.05) is 17.5 Å². The molecule has 0 fully saturated rings. The van der Waals surface area contributed by atoms with Crippen LogP contribution in [-0.4, -0.2) is 51.2 Å². The van der Waals surface area contributed by atoms with Gasteiger partial charge in [0.25, 0.3) is 0 Å². The molecule has 2 aromatic carbocycles. The van der Waals surface area contributed by atoms with E-state index in [4.69, 9.17) is 35.2 Å². The maximum atomic E-state index is 12.8. The molecule has 0 aliphatic rings. The first kappa shape index (κ1) is 28.2. The molecule has 4 N–H and O–H groups in total. The lowest BCUT2D eigenvalue weighted by Gasteiger charge is -2.14. The van der Waals surface area contributed by atoms with E-state index >= 15 is 0 Å². The number of unbranched alkanes of at least 4 members (excludes halogenated alkanes) is 1. The zero-order valence-electron chi connectivity index (χ0n) is 20.6. The van der Waals surface area contributed by atoms with E-state index in [-0.39, 0.29) is 11.5 Å². The van der Waals surface area contributed by atoms with Crippen molar-refractivity contribution in [2.45, 2.75) is 31.1 Å². The summed E-state index contributed by atoms with van der Waals surface area (Å²) in [6.07, 6.45) is 3.68. The van der Waals surface area contributed by atoms with E-state index in [1.165, 1.54) is 21.3 Å². The van der Waals surface area contributed by atoms with Gasteiger partial charge in [-0.25, -0.2) is 4.79 Å². The van der Waals surface area contributed by atoms with Crippen molar-refractivity contribution < 1.29 is 32.7 Å². The van der Waals surface area contributed by atoms with Crippen LogP contribution in [-0.2, 0) is 21.3 Å². The van der Waals surface area contributed by atoms with E-state index in [9.17, 15) is 9.00 Å². The van der Waals surface area contributed by atoms with Crippen LogP contribution in [0, 0.1) is 0 Å². The molecule has 0 bridgehead atoms. The van der Waals surface area contributed by atoms with Gasteiger partial charge in [-0.1, -0.05) is 12.5 Å². The van der Waals surface area contributed by atoms with Gasteiger partial charge in [-0.3, -0.25) is 4.21 Å². The smallest absolute Gasteiger partial charge is 0.328 e. The standard InChI is InChI=1S/C25H34N2O7S/c1-30-18-14-22(32-3)19(23(15-18)33-4)10-12-35(29)16-17-8-9-21(31-2)24(13-17)34-25(28)20(27)7-5-6-11-26/h8-10,12-15,20H,5-7,11,16,26-27H2,1-4H3/t20?,35-/m0/s1. The van der Waals surface area contributed by atoms with Gasteiger partial charge in [0.1, 0.15) is 23.3 Å². The number of hydrogen-bond acceptors (Lipinski definition) is 9. The molecule has 35 heavy (non-hydrogen) atoms. The minimum absolute atomic E-state index is 0.189. The quantitative estimate of drug-likeness (QED) is 0.225. The Bertz CT molecular complexity index is 1020. The average molecular weight is 507 g/mol. The summed E-state index contributed by atoms with van der Waals surface area (Å²) in [4.78, 5) is 12.4. The Kier molecular flexibility index (Phi) is 11.5. The highest BCUT2D eigenvalue weighted by atomic mass is 32.2. The molecular formula is C25H34N2O7S. The maximum absolute atomic E-state index is 12.8. The highest BCUT2D eigenvalue weighted by molar-refractivity contribution is 7.87. The normalized spacial score (nSPS) is 12.7. The number of esters is 1. The number of carbonyl (C=O) groups excluding carboxylic acids is 1. The van der Waals surface area contributed by atoms with Crippen LogP contribution in [0.3, 0.4) is 0 Å². The van der Waals surface area contributed by atoms with Crippen LogP contribution in [0.5, 0.6) is 28.7 Å². The Balaban J connectivity index is 2.15. The van der Waals surface area contributed by atoms with Crippen molar-refractivity contribution in [1.29, 1.82) is 0 Å². The second-order valence-corrected chi connectivity index (χ2v) is 8.89. The van der Waals surface area contributed by atoms with Crippen molar-refractivity contribution in [3.05, 3.63) is 46.9 Å². The van der Waals surface area contributed by atoms with Gasteiger partial charge in [-0.2, -0.15) is 0 Å². The van der Waals surface area contributed by atoms with Crippen LogP contribution in [0.4, 0.5) is 0 Å². The molecule has 2 aromatic rings. The monoisotopic (exact) mass is 506 g/mol. The Hall–Kier alpha value is -3.08. The number of methoxy groups -OCH3 is 4. The molecule has 0 heterocycles. The van der Waals surface area contributed by atoms with Gasteiger partial charge < -0.3 is 35.2 Å². The number of carbonyl (C=O) groups is 1. The molecule has 0 amide bonds. The lowest BCUT2D eigenvalue weighted by atomic mass is 10.1. The number of nitrogens with two attached hydrogens (primary N) is 2. The molecule has 10 heteroatoms. The maximum Gasteiger partial charge on any atom is 0.328 e. The highest BCUT2D eigenvalue weighted by Gasteiger charge is 2.18. The summed E-state index contributed by atoms with van der Waals surface area (Å²) >= 11 is 0. The summed E-state index contributed by atoms with van der Waals surface area (Å²) in [5, 5.41) is 1.55. The molecular weight excluding hydrogens is 472 g/mol. The lowest BCUT2D eigenvalue weighted by Crippen LogP contribution is -2.34. The predicted molar refractivity (Wildman–Crippen MR) is 136 cm³/mol. The fourth-order valence-corrected chi connectivity index (χ4v) is 4.15. The predicted octanol–water partition coefficient (Wildman–Crippen LogP) is 3.00. The van der Waals surface area contributed by atoms with Gasteiger partial charge in [0.2, 0.25) is 0 Å². The summed E-state index contributed by atoms with van der Waals surface area (Å²) in [6, 6.07) is 7.73. The van der Waals surface area contributed by atoms with Crippen LogP contribution < -0.4 is 35.2 Å².